The van der Waals surface area contributed by atoms with E-state index < -0.39 is 97.5 Å². The second-order valence-corrected chi connectivity index (χ2v) is 35.7. The van der Waals surface area contributed by atoms with Gasteiger partial charge < -0.3 is 33.8 Å². The first-order valence-electron chi connectivity index (χ1n) is 46.6. The Labute approximate surface area is 670 Å². The lowest BCUT2D eigenvalue weighted by molar-refractivity contribution is -0.161. The second kappa shape index (κ2) is 82.6. The van der Waals surface area contributed by atoms with Crippen LogP contribution in [-0.4, -0.2) is 96.7 Å². The van der Waals surface area contributed by atoms with Crippen molar-refractivity contribution in [2.45, 2.75) is 509 Å². The molecule has 0 fully saturated rings. The Kier molecular flexibility index (Phi) is 81.1. The van der Waals surface area contributed by atoms with Crippen molar-refractivity contribution in [3.8, 4) is 0 Å². The van der Waals surface area contributed by atoms with Crippen molar-refractivity contribution in [2.75, 3.05) is 39.6 Å². The molecule has 0 aliphatic heterocycles. The zero-order chi connectivity index (χ0) is 79.7. The Morgan fingerprint density at radius 2 is 0.422 bits per heavy atom. The molecule has 17 nitrogen and oxygen atoms in total. The Bertz CT molecular complexity index is 2070. The van der Waals surface area contributed by atoms with Crippen molar-refractivity contribution in [3.63, 3.8) is 0 Å². The summed E-state index contributed by atoms with van der Waals surface area (Å²) >= 11 is 0. The van der Waals surface area contributed by atoms with E-state index in [1.54, 1.807) is 0 Å². The highest BCUT2D eigenvalue weighted by Gasteiger charge is 2.31. The molecule has 2 unspecified atom stereocenters. The van der Waals surface area contributed by atoms with Crippen molar-refractivity contribution >= 4 is 39.5 Å². The monoisotopic (exact) mass is 1590 g/mol. The molecular weight excluding hydrogens is 1410 g/mol. The lowest BCUT2D eigenvalue weighted by Gasteiger charge is -2.21. The van der Waals surface area contributed by atoms with Gasteiger partial charge in [-0.15, -0.1) is 0 Å². The van der Waals surface area contributed by atoms with Gasteiger partial charge in [0.2, 0.25) is 0 Å². The summed E-state index contributed by atoms with van der Waals surface area (Å²) in [5.74, 6) is -1.29. The number of ether oxygens (including phenoxy) is 4. The number of carbonyl (C=O) groups excluding carboxylic acids is 4. The molecule has 0 saturated carbocycles. The Balaban J connectivity index is 5.24. The number of unbranched alkanes of at least 4 members (excludes halogenated alkanes) is 62. The molecule has 0 aromatic rings. The maximum atomic E-state index is 13.2. The fraction of sp³-hybridized carbons (Fsp3) is 0.956. The molecule has 19 heteroatoms. The zero-order valence-corrected chi connectivity index (χ0v) is 73.5. The molecule has 0 spiro atoms. The number of phosphoric ester groups is 2. The maximum Gasteiger partial charge on any atom is 0.472 e. The van der Waals surface area contributed by atoms with Crippen LogP contribution in [0.25, 0.3) is 0 Å². The second-order valence-electron chi connectivity index (χ2n) is 32.8. The third-order valence-corrected chi connectivity index (χ3v) is 23.2. The van der Waals surface area contributed by atoms with Gasteiger partial charge in [0, 0.05) is 25.7 Å². The topological polar surface area (TPSA) is 237 Å². The van der Waals surface area contributed by atoms with Crippen LogP contribution in [0.4, 0.5) is 0 Å². The summed E-state index contributed by atoms with van der Waals surface area (Å²) in [5.41, 5.74) is 0. The van der Waals surface area contributed by atoms with Crippen LogP contribution in [0.5, 0.6) is 0 Å². The maximum absolute atomic E-state index is 13.2. The van der Waals surface area contributed by atoms with Gasteiger partial charge in [-0.1, -0.05) is 439 Å². The molecule has 0 bridgehead atoms. The number of hydrogen-bond donors (Lipinski definition) is 3. The van der Waals surface area contributed by atoms with Crippen LogP contribution in [-0.2, 0) is 65.4 Å². The molecule has 0 amide bonds. The van der Waals surface area contributed by atoms with E-state index in [2.05, 4.69) is 34.6 Å². The van der Waals surface area contributed by atoms with E-state index in [0.717, 1.165) is 95.8 Å². The molecule has 0 saturated heterocycles. The Morgan fingerprint density at radius 1 is 0.248 bits per heavy atom. The molecule has 0 aliphatic rings. The van der Waals surface area contributed by atoms with Gasteiger partial charge in [-0.05, 0) is 31.6 Å². The molecular formula is C90H176O17P2. The van der Waals surface area contributed by atoms with Crippen molar-refractivity contribution in [2.24, 2.45) is 5.92 Å². The van der Waals surface area contributed by atoms with Crippen molar-refractivity contribution < 1.29 is 80.2 Å². The molecule has 0 aliphatic carbocycles. The van der Waals surface area contributed by atoms with Crippen LogP contribution >= 0.6 is 15.6 Å². The van der Waals surface area contributed by atoms with Gasteiger partial charge in [-0.25, -0.2) is 9.13 Å². The van der Waals surface area contributed by atoms with Gasteiger partial charge in [0.25, 0.3) is 0 Å². The first-order valence-corrected chi connectivity index (χ1v) is 49.6. The minimum atomic E-state index is -4.97. The van der Waals surface area contributed by atoms with Crippen molar-refractivity contribution in [1.29, 1.82) is 0 Å². The highest BCUT2D eigenvalue weighted by molar-refractivity contribution is 7.47. The number of esters is 4. The summed E-state index contributed by atoms with van der Waals surface area (Å²) in [5, 5.41) is 10.7. The minimum Gasteiger partial charge on any atom is -0.462 e. The van der Waals surface area contributed by atoms with E-state index in [-0.39, 0.29) is 25.7 Å². The number of phosphoric acid groups is 2. The number of aliphatic hydroxyl groups is 1. The first-order chi connectivity index (χ1) is 53.0. The third-order valence-electron chi connectivity index (χ3n) is 21.3. The predicted molar refractivity (Wildman–Crippen MR) is 451 cm³/mol. The Morgan fingerprint density at radius 3 is 0.624 bits per heavy atom. The summed E-state index contributed by atoms with van der Waals surface area (Å²) in [6.07, 6.45) is 77.8. The molecule has 3 N–H and O–H groups in total. The summed E-state index contributed by atoms with van der Waals surface area (Å²) in [4.78, 5) is 73.4. The summed E-state index contributed by atoms with van der Waals surface area (Å²) in [6.45, 7) is 7.42. The van der Waals surface area contributed by atoms with Gasteiger partial charge >= 0.3 is 39.5 Å². The van der Waals surface area contributed by atoms with E-state index in [9.17, 15) is 43.2 Å². The molecule has 5 atom stereocenters. The van der Waals surface area contributed by atoms with E-state index in [1.807, 2.05) is 0 Å². The molecule has 0 aromatic carbocycles. The standard InChI is InChI=1S/C90H176O17P2/c1-6-9-12-15-18-21-24-27-29-31-33-34-35-37-41-46-51-56-61-66-71-76-90(95)107-86(80-101-88(93)74-69-64-59-54-49-44-42-38-39-43-47-52-57-62-67-72-83(4)5)82-105-109(98,99)103-78-84(91)77-102-108(96,97)104-81-85(79-100-87(92)73-68-63-58-53-48-26-23-20-17-14-11-8-3)106-89(94)75-70-65-60-55-50-45-40-36-32-30-28-25-22-19-16-13-10-7-2/h83-86,91H,6-82H2,1-5H3,(H,96,97)(H,98,99)/t84-,85+,86+/m0/s1. The van der Waals surface area contributed by atoms with Crippen LogP contribution in [0.2, 0.25) is 0 Å². The predicted octanol–water partition coefficient (Wildman–Crippen LogP) is 27.9. The van der Waals surface area contributed by atoms with Gasteiger partial charge in [0.15, 0.2) is 12.2 Å². The SMILES string of the molecule is CCCCCCCCCCCCCCCCCCCCCCCC(=O)O[C@H](COC(=O)CCCCCCCCCCCCCCCCCC(C)C)COP(=O)(O)OC[C@@H](O)COP(=O)(O)OC[C@@H](COC(=O)CCCCCCCCCCCCCC)OC(=O)CCCCCCCCCCCCCCCCCCCC. The highest BCUT2D eigenvalue weighted by Crippen LogP contribution is 2.45. The Hall–Kier alpha value is -1.94. The molecule has 0 rings (SSSR count). The third kappa shape index (κ3) is 83.8. The van der Waals surface area contributed by atoms with Gasteiger partial charge in [-0.3, -0.25) is 37.3 Å². The van der Waals surface area contributed by atoms with E-state index >= 15 is 0 Å². The number of hydrogen-bond acceptors (Lipinski definition) is 15. The minimum absolute atomic E-state index is 0.109. The number of rotatable bonds is 90. The van der Waals surface area contributed by atoms with E-state index in [1.165, 1.54) is 315 Å². The lowest BCUT2D eigenvalue weighted by atomic mass is 10.0. The highest BCUT2D eigenvalue weighted by atomic mass is 31.2. The van der Waals surface area contributed by atoms with Crippen molar-refractivity contribution in [1.82, 2.24) is 0 Å². The van der Waals surface area contributed by atoms with Crippen LogP contribution in [0.15, 0.2) is 0 Å². The fourth-order valence-electron chi connectivity index (χ4n) is 14.2. The summed E-state index contributed by atoms with van der Waals surface area (Å²) < 4.78 is 69.1. The zero-order valence-electron chi connectivity index (χ0n) is 71.7. The van der Waals surface area contributed by atoms with E-state index in [4.69, 9.17) is 37.0 Å². The average Bonchev–Trinajstić information content (AvgIpc) is 0.900. The van der Waals surface area contributed by atoms with Crippen LogP contribution in [0, 0.1) is 5.92 Å². The van der Waals surface area contributed by atoms with Gasteiger partial charge in [-0.2, -0.15) is 0 Å². The smallest absolute Gasteiger partial charge is 0.462 e. The van der Waals surface area contributed by atoms with Gasteiger partial charge in [0.05, 0.1) is 26.4 Å². The first kappa shape index (κ1) is 107. The summed E-state index contributed by atoms with van der Waals surface area (Å²) in [6, 6.07) is 0. The van der Waals surface area contributed by atoms with E-state index in [0.29, 0.717) is 25.7 Å². The number of aliphatic hydroxyl groups excluding tert-OH is 1. The van der Waals surface area contributed by atoms with Crippen LogP contribution in [0.3, 0.4) is 0 Å². The van der Waals surface area contributed by atoms with Crippen LogP contribution < -0.4 is 0 Å². The molecule has 0 aromatic heterocycles. The average molecular weight is 1590 g/mol. The fourth-order valence-corrected chi connectivity index (χ4v) is 15.8. The molecule has 109 heavy (non-hydrogen) atoms. The quantitative estimate of drug-likeness (QED) is 0.0222. The molecule has 0 radical (unpaired) electrons. The number of carbonyl (C=O) groups is 4. The molecule has 0 heterocycles. The normalized spacial score (nSPS) is 13.7. The molecule has 648 valence electrons. The van der Waals surface area contributed by atoms with Crippen molar-refractivity contribution in [3.05, 3.63) is 0 Å². The van der Waals surface area contributed by atoms with Crippen LogP contribution in [0.1, 0.15) is 490 Å². The largest absolute Gasteiger partial charge is 0.472 e. The lowest BCUT2D eigenvalue weighted by Crippen LogP contribution is -2.30. The summed E-state index contributed by atoms with van der Waals surface area (Å²) in [7, 11) is -9.93. The van der Waals surface area contributed by atoms with Gasteiger partial charge in [0.1, 0.15) is 19.3 Å².